The van der Waals surface area contributed by atoms with E-state index in [4.69, 9.17) is 5.73 Å². The van der Waals surface area contributed by atoms with Gasteiger partial charge in [0, 0.05) is 19.6 Å². The molecule has 1 aliphatic rings. The molecule has 1 saturated heterocycles. The lowest BCUT2D eigenvalue weighted by molar-refractivity contribution is -0.182. The van der Waals surface area contributed by atoms with Gasteiger partial charge in [-0.3, -0.25) is 0 Å². The number of nitrogens with zero attached hydrogens (tertiary/aromatic N) is 1. The third-order valence-corrected chi connectivity index (χ3v) is 5.58. The summed E-state index contributed by atoms with van der Waals surface area (Å²) in [5.41, 5.74) is 6.14. The summed E-state index contributed by atoms with van der Waals surface area (Å²) in [6.45, 7) is -0.0156. The molecule has 0 spiro atoms. The van der Waals surface area contributed by atoms with Crippen LogP contribution in [0.25, 0.3) is 0 Å². The van der Waals surface area contributed by atoms with Crippen LogP contribution >= 0.6 is 0 Å². The molecular formula is C13H17F3N2O2S. The van der Waals surface area contributed by atoms with Gasteiger partial charge < -0.3 is 5.73 Å². The lowest BCUT2D eigenvalue weighted by Crippen LogP contribution is -2.42. The maximum atomic E-state index is 12.6. The van der Waals surface area contributed by atoms with Gasteiger partial charge in [0.15, 0.2) is 0 Å². The Kier molecular flexibility index (Phi) is 4.60. The van der Waals surface area contributed by atoms with Gasteiger partial charge in [-0.25, -0.2) is 8.42 Å². The van der Waals surface area contributed by atoms with Gasteiger partial charge in [0.1, 0.15) is 0 Å². The van der Waals surface area contributed by atoms with Crippen molar-refractivity contribution in [3.63, 3.8) is 0 Å². The Bertz CT molecular complexity index is 594. The summed E-state index contributed by atoms with van der Waals surface area (Å²) in [6, 6.07) is 6.18. The predicted molar refractivity (Wildman–Crippen MR) is 71.9 cm³/mol. The highest BCUT2D eigenvalue weighted by Gasteiger charge is 2.43. The fourth-order valence-corrected chi connectivity index (χ4v) is 3.95. The second-order valence-corrected chi connectivity index (χ2v) is 7.01. The number of nitrogens with two attached hydrogens (primary N) is 1. The van der Waals surface area contributed by atoms with Crippen molar-refractivity contribution in [3.05, 3.63) is 29.8 Å². The molecular weight excluding hydrogens is 305 g/mol. The summed E-state index contributed by atoms with van der Waals surface area (Å²) < 4.78 is 63.8. The molecule has 0 atom stereocenters. The van der Waals surface area contributed by atoms with E-state index in [0.29, 0.717) is 5.56 Å². The lowest BCUT2D eigenvalue weighted by atomic mass is 9.98. The van der Waals surface area contributed by atoms with Crippen LogP contribution in [0.5, 0.6) is 0 Å². The number of halogens is 3. The second kappa shape index (κ2) is 5.94. The van der Waals surface area contributed by atoms with Crippen LogP contribution in [0.2, 0.25) is 0 Å². The van der Waals surface area contributed by atoms with Gasteiger partial charge in [-0.15, -0.1) is 0 Å². The molecule has 21 heavy (non-hydrogen) atoms. The van der Waals surface area contributed by atoms with E-state index in [0.717, 1.165) is 4.31 Å². The highest BCUT2D eigenvalue weighted by molar-refractivity contribution is 7.89. The maximum absolute atomic E-state index is 12.6. The molecule has 1 heterocycles. The number of rotatable bonds is 3. The number of alkyl halides is 3. The van der Waals surface area contributed by atoms with Gasteiger partial charge in [-0.1, -0.05) is 12.1 Å². The Morgan fingerprint density at radius 1 is 1.24 bits per heavy atom. The molecule has 0 amide bonds. The molecule has 1 aromatic carbocycles. The minimum absolute atomic E-state index is 0.0795. The largest absolute Gasteiger partial charge is 0.391 e. The summed E-state index contributed by atoms with van der Waals surface area (Å²) in [7, 11) is -3.75. The molecule has 1 aliphatic heterocycles. The van der Waals surface area contributed by atoms with Crippen LogP contribution in [0, 0.1) is 5.92 Å². The first-order valence-corrected chi connectivity index (χ1v) is 8.05. The standard InChI is InChI=1S/C13H17F3N2O2S/c14-13(15,16)11-4-6-18(7-5-11)21(19,20)12-3-1-2-10(8-12)9-17/h1-3,8,11H,4-7,9,17H2. The summed E-state index contributed by atoms with van der Waals surface area (Å²) in [4.78, 5) is 0.0795. The van der Waals surface area contributed by atoms with Crippen molar-refractivity contribution in [1.29, 1.82) is 0 Å². The Morgan fingerprint density at radius 2 is 1.86 bits per heavy atom. The smallest absolute Gasteiger partial charge is 0.326 e. The SMILES string of the molecule is NCc1cccc(S(=O)(=O)N2CCC(C(F)(F)F)CC2)c1. The van der Waals surface area contributed by atoms with E-state index in [9.17, 15) is 21.6 Å². The minimum atomic E-state index is -4.25. The quantitative estimate of drug-likeness (QED) is 0.927. The van der Waals surface area contributed by atoms with E-state index in [1.807, 2.05) is 0 Å². The Morgan fingerprint density at radius 3 is 2.38 bits per heavy atom. The molecule has 0 bridgehead atoms. The second-order valence-electron chi connectivity index (χ2n) is 5.07. The van der Waals surface area contributed by atoms with Crippen molar-refractivity contribution in [2.75, 3.05) is 13.1 Å². The van der Waals surface area contributed by atoms with Crippen molar-refractivity contribution >= 4 is 10.0 Å². The van der Waals surface area contributed by atoms with Crippen LogP contribution in [-0.2, 0) is 16.6 Å². The number of piperidine rings is 1. The van der Waals surface area contributed by atoms with Gasteiger partial charge >= 0.3 is 6.18 Å². The van der Waals surface area contributed by atoms with E-state index >= 15 is 0 Å². The zero-order chi connectivity index (χ0) is 15.7. The van der Waals surface area contributed by atoms with Crippen LogP contribution in [0.4, 0.5) is 13.2 Å². The molecule has 1 fully saturated rings. The summed E-state index contributed by atoms with van der Waals surface area (Å²) >= 11 is 0. The Hall–Kier alpha value is -1.12. The van der Waals surface area contributed by atoms with Crippen LogP contribution < -0.4 is 5.73 Å². The summed E-state index contributed by atoms with van der Waals surface area (Å²) in [5, 5.41) is 0. The average molecular weight is 322 g/mol. The van der Waals surface area contributed by atoms with Crippen molar-refractivity contribution in [2.45, 2.75) is 30.5 Å². The summed E-state index contributed by atoms with van der Waals surface area (Å²) in [5.74, 6) is -1.42. The zero-order valence-corrected chi connectivity index (χ0v) is 12.1. The van der Waals surface area contributed by atoms with Crippen LogP contribution in [-0.4, -0.2) is 32.0 Å². The first-order valence-electron chi connectivity index (χ1n) is 6.61. The van der Waals surface area contributed by atoms with E-state index in [2.05, 4.69) is 0 Å². The summed E-state index contributed by atoms with van der Waals surface area (Å²) in [6.07, 6.45) is -4.64. The number of hydrogen-bond donors (Lipinski definition) is 1. The maximum Gasteiger partial charge on any atom is 0.391 e. The number of hydrogen-bond acceptors (Lipinski definition) is 3. The van der Waals surface area contributed by atoms with Crippen molar-refractivity contribution in [1.82, 2.24) is 4.31 Å². The third-order valence-electron chi connectivity index (χ3n) is 3.69. The fraction of sp³-hybridized carbons (Fsp3) is 0.538. The fourth-order valence-electron chi connectivity index (χ4n) is 2.41. The molecule has 0 saturated carbocycles. The zero-order valence-electron chi connectivity index (χ0n) is 11.3. The third kappa shape index (κ3) is 3.56. The van der Waals surface area contributed by atoms with E-state index in [1.54, 1.807) is 12.1 Å². The monoisotopic (exact) mass is 322 g/mol. The molecule has 0 aromatic heterocycles. The average Bonchev–Trinajstić information content (AvgIpc) is 2.46. The van der Waals surface area contributed by atoms with E-state index in [-0.39, 0.29) is 37.4 Å². The normalized spacial score (nSPS) is 18.9. The minimum Gasteiger partial charge on any atom is -0.326 e. The molecule has 2 N–H and O–H groups in total. The molecule has 0 aliphatic carbocycles. The van der Waals surface area contributed by atoms with E-state index in [1.165, 1.54) is 12.1 Å². The van der Waals surface area contributed by atoms with Gasteiger partial charge in [0.2, 0.25) is 10.0 Å². The number of sulfonamides is 1. The van der Waals surface area contributed by atoms with Gasteiger partial charge in [0.25, 0.3) is 0 Å². The highest BCUT2D eigenvalue weighted by atomic mass is 32.2. The first kappa shape index (κ1) is 16.3. The first-order chi connectivity index (χ1) is 9.75. The predicted octanol–water partition coefficient (Wildman–Crippen LogP) is 2.11. The molecule has 8 heteroatoms. The molecule has 0 radical (unpaired) electrons. The van der Waals surface area contributed by atoms with Crippen molar-refractivity contribution in [2.24, 2.45) is 11.7 Å². The van der Waals surface area contributed by atoms with Gasteiger partial charge in [-0.05, 0) is 30.5 Å². The Labute approximate surface area is 121 Å². The van der Waals surface area contributed by atoms with Gasteiger partial charge in [-0.2, -0.15) is 17.5 Å². The molecule has 118 valence electrons. The van der Waals surface area contributed by atoms with Crippen molar-refractivity contribution < 1.29 is 21.6 Å². The topological polar surface area (TPSA) is 63.4 Å². The number of benzene rings is 1. The van der Waals surface area contributed by atoms with E-state index < -0.39 is 22.1 Å². The van der Waals surface area contributed by atoms with Crippen LogP contribution in [0.3, 0.4) is 0 Å². The van der Waals surface area contributed by atoms with Crippen molar-refractivity contribution in [3.8, 4) is 0 Å². The lowest BCUT2D eigenvalue weighted by Gasteiger charge is -2.32. The molecule has 0 unspecified atom stereocenters. The van der Waals surface area contributed by atoms with Crippen LogP contribution in [0.15, 0.2) is 29.2 Å². The highest BCUT2D eigenvalue weighted by Crippen LogP contribution is 2.35. The Balaban J connectivity index is 2.15. The van der Waals surface area contributed by atoms with Crippen LogP contribution in [0.1, 0.15) is 18.4 Å². The molecule has 4 nitrogen and oxygen atoms in total. The van der Waals surface area contributed by atoms with Gasteiger partial charge in [0.05, 0.1) is 10.8 Å². The molecule has 1 aromatic rings. The molecule has 2 rings (SSSR count).